The van der Waals surface area contributed by atoms with Crippen molar-refractivity contribution in [1.82, 2.24) is 10.2 Å². The van der Waals surface area contributed by atoms with Gasteiger partial charge in [-0.3, -0.25) is 30.3 Å². The lowest BCUT2D eigenvalue weighted by Crippen LogP contribution is -2.12. The van der Waals surface area contributed by atoms with Crippen LogP contribution in [0.1, 0.15) is 20.9 Å². The zero-order valence-corrected chi connectivity index (χ0v) is 14.4. The monoisotopic (exact) mass is 385 g/mol. The van der Waals surface area contributed by atoms with E-state index in [0.717, 1.165) is 35.1 Å². The number of non-ortho nitro benzene ring substituents is 2. The summed E-state index contributed by atoms with van der Waals surface area (Å²) >= 11 is 1.15. The fourth-order valence-corrected chi connectivity index (χ4v) is 3.02. The summed E-state index contributed by atoms with van der Waals surface area (Å²) in [5, 5.41) is 33.0. The van der Waals surface area contributed by atoms with Crippen LogP contribution >= 0.6 is 11.3 Å². The van der Waals surface area contributed by atoms with Crippen LogP contribution in [0.5, 0.6) is 0 Å². The number of nitro benzene ring substituents is 2. The largest absolute Gasteiger partial charge is 0.296 e. The summed E-state index contributed by atoms with van der Waals surface area (Å²) in [5.74, 6) is -0.746. The van der Waals surface area contributed by atoms with Gasteiger partial charge >= 0.3 is 0 Å². The highest BCUT2D eigenvalue weighted by atomic mass is 32.1. The van der Waals surface area contributed by atoms with Crippen molar-refractivity contribution < 1.29 is 14.6 Å². The predicted molar refractivity (Wildman–Crippen MR) is 96.9 cm³/mol. The van der Waals surface area contributed by atoms with Crippen LogP contribution in [0.4, 0.5) is 16.5 Å². The number of hydrogen-bond donors (Lipinski definition) is 1. The van der Waals surface area contributed by atoms with Gasteiger partial charge in [0.2, 0.25) is 5.13 Å². The summed E-state index contributed by atoms with van der Waals surface area (Å²) < 4.78 is 0. The lowest BCUT2D eigenvalue weighted by molar-refractivity contribution is -0.394. The van der Waals surface area contributed by atoms with Crippen LogP contribution in [0, 0.1) is 20.2 Å². The molecule has 0 spiro atoms. The maximum absolute atomic E-state index is 12.3. The summed E-state index contributed by atoms with van der Waals surface area (Å²) in [7, 11) is 0. The van der Waals surface area contributed by atoms with Gasteiger partial charge in [0.1, 0.15) is 5.01 Å². The van der Waals surface area contributed by atoms with E-state index < -0.39 is 27.1 Å². The highest BCUT2D eigenvalue weighted by Crippen LogP contribution is 2.24. The minimum atomic E-state index is -0.799. The van der Waals surface area contributed by atoms with E-state index in [4.69, 9.17) is 0 Å². The number of rotatable bonds is 6. The van der Waals surface area contributed by atoms with E-state index in [1.165, 1.54) is 0 Å². The van der Waals surface area contributed by atoms with Crippen LogP contribution in [0.2, 0.25) is 0 Å². The average Bonchev–Trinajstić information content (AvgIpc) is 3.08. The molecule has 1 N–H and O–H groups in total. The van der Waals surface area contributed by atoms with Crippen molar-refractivity contribution in [3.8, 4) is 0 Å². The second-order valence-corrected chi connectivity index (χ2v) is 6.43. The Morgan fingerprint density at radius 2 is 1.63 bits per heavy atom. The molecule has 3 aromatic rings. The zero-order valence-electron chi connectivity index (χ0n) is 13.6. The van der Waals surface area contributed by atoms with Crippen LogP contribution in [-0.2, 0) is 6.42 Å². The Balaban J connectivity index is 1.77. The minimum absolute atomic E-state index is 0.195. The second-order valence-electron chi connectivity index (χ2n) is 5.37. The minimum Gasteiger partial charge on any atom is -0.296 e. The predicted octanol–water partition coefficient (Wildman–Crippen LogP) is 3.20. The van der Waals surface area contributed by atoms with Gasteiger partial charge in [-0.05, 0) is 5.56 Å². The SMILES string of the molecule is O=C(Nc1nnc(Cc2ccccc2)s1)c1cc([N+](=O)[O-])cc([N+](=O)[O-])c1. The molecule has 0 atom stereocenters. The van der Waals surface area contributed by atoms with Gasteiger partial charge in [-0.2, -0.15) is 0 Å². The third-order valence-electron chi connectivity index (χ3n) is 3.47. The summed E-state index contributed by atoms with van der Waals surface area (Å²) in [5.41, 5.74) is -0.274. The number of benzene rings is 2. The van der Waals surface area contributed by atoms with Gasteiger partial charge in [-0.15, -0.1) is 10.2 Å². The van der Waals surface area contributed by atoms with Crippen LogP contribution < -0.4 is 5.32 Å². The van der Waals surface area contributed by atoms with Crippen LogP contribution in [0.15, 0.2) is 48.5 Å². The number of nitrogens with one attached hydrogen (secondary N) is 1. The Bertz CT molecular complexity index is 989. The Labute approximate surface area is 155 Å². The van der Waals surface area contributed by atoms with Gasteiger partial charge in [0.25, 0.3) is 17.3 Å². The molecule has 0 radical (unpaired) electrons. The first-order valence-corrected chi connectivity index (χ1v) is 8.35. The van der Waals surface area contributed by atoms with E-state index in [1.807, 2.05) is 30.3 Å². The molecule has 0 aliphatic rings. The quantitative estimate of drug-likeness (QED) is 0.507. The number of aromatic nitrogens is 2. The number of nitrogens with zero attached hydrogens (tertiary/aromatic N) is 4. The van der Waals surface area contributed by atoms with Gasteiger partial charge in [0.05, 0.1) is 21.5 Å². The van der Waals surface area contributed by atoms with E-state index in [2.05, 4.69) is 15.5 Å². The Morgan fingerprint density at radius 1 is 1.00 bits per heavy atom. The average molecular weight is 385 g/mol. The van der Waals surface area contributed by atoms with Crippen molar-refractivity contribution in [1.29, 1.82) is 0 Å². The van der Waals surface area contributed by atoms with Crippen molar-refractivity contribution in [3.05, 3.63) is 84.9 Å². The Hall–Kier alpha value is -3.73. The maximum Gasteiger partial charge on any atom is 0.277 e. The number of hydrogen-bond acceptors (Lipinski definition) is 8. The molecule has 0 saturated carbocycles. The molecular formula is C16H11N5O5S. The standard InChI is InChI=1S/C16H11N5O5S/c22-15(11-7-12(20(23)24)9-13(8-11)21(25)26)17-16-19-18-14(27-16)6-10-4-2-1-3-5-10/h1-5,7-9H,6H2,(H,17,19,22). The number of amides is 1. The number of carbonyl (C=O) groups excluding carboxylic acids is 1. The Kier molecular flexibility index (Phi) is 5.13. The van der Waals surface area contributed by atoms with Crippen molar-refractivity contribution >= 4 is 33.8 Å². The molecule has 2 aromatic carbocycles. The fraction of sp³-hybridized carbons (Fsp3) is 0.0625. The van der Waals surface area contributed by atoms with E-state index in [-0.39, 0.29) is 10.7 Å². The molecule has 1 amide bonds. The summed E-state index contributed by atoms with van der Waals surface area (Å²) in [6, 6.07) is 12.3. The molecule has 0 saturated heterocycles. The fourth-order valence-electron chi connectivity index (χ4n) is 2.25. The number of anilines is 1. The normalized spacial score (nSPS) is 10.4. The van der Waals surface area contributed by atoms with Gasteiger partial charge in [0, 0.05) is 18.6 Å². The molecular weight excluding hydrogens is 374 g/mol. The van der Waals surface area contributed by atoms with E-state index in [0.29, 0.717) is 11.4 Å². The van der Waals surface area contributed by atoms with Crippen LogP contribution in [-0.4, -0.2) is 26.0 Å². The third-order valence-corrected chi connectivity index (χ3v) is 4.31. The first-order valence-electron chi connectivity index (χ1n) is 7.54. The van der Waals surface area contributed by atoms with Crippen molar-refractivity contribution in [2.75, 3.05) is 5.32 Å². The van der Waals surface area contributed by atoms with Crippen LogP contribution in [0.3, 0.4) is 0 Å². The molecule has 3 rings (SSSR count). The smallest absolute Gasteiger partial charge is 0.277 e. The molecule has 11 heteroatoms. The number of carbonyl (C=O) groups is 1. The van der Waals surface area contributed by atoms with Crippen LogP contribution in [0.25, 0.3) is 0 Å². The third kappa shape index (κ3) is 4.46. The molecule has 10 nitrogen and oxygen atoms in total. The maximum atomic E-state index is 12.3. The summed E-state index contributed by atoms with van der Waals surface area (Å²) in [4.78, 5) is 32.5. The molecule has 27 heavy (non-hydrogen) atoms. The van der Waals surface area contributed by atoms with Gasteiger partial charge in [-0.25, -0.2) is 0 Å². The first kappa shape index (κ1) is 18.1. The van der Waals surface area contributed by atoms with Gasteiger partial charge in [0.15, 0.2) is 0 Å². The molecule has 1 aromatic heterocycles. The van der Waals surface area contributed by atoms with Crippen molar-refractivity contribution in [2.45, 2.75) is 6.42 Å². The second kappa shape index (κ2) is 7.66. The lowest BCUT2D eigenvalue weighted by atomic mass is 10.1. The van der Waals surface area contributed by atoms with Gasteiger partial charge in [-0.1, -0.05) is 41.7 Å². The van der Waals surface area contributed by atoms with E-state index in [9.17, 15) is 25.0 Å². The molecule has 136 valence electrons. The topological polar surface area (TPSA) is 141 Å². The van der Waals surface area contributed by atoms with Crippen molar-refractivity contribution in [2.24, 2.45) is 0 Å². The highest BCUT2D eigenvalue weighted by molar-refractivity contribution is 7.15. The Morgan fingerprint density at radius 3 is 2.22 bits per heavy atom. The molecule has 0 aliphatic heterocycles. The summed E-state index contributed by atoms with van der Waals surface area (Å²) in [6.45, 7) is 0. The highest BCUT2D eigenvalue weighted by Gasteiger charge is 2.20. The van der Waals surface area contributed by atoms with Crippen molar-refractivity contribution in [3.63, 3.8) is 0 Å². The first-order chi connectivity index (χ1) is 12.9. The van der Waals surface area contributed by atoms with E-state index >= 15 is 0 Å². The van der Waals surface area contributed by atoms with Gasteiger partial charge < -0.3 is 0 Å². The zero-order chi connectivity index (χ0) is 19.4. The molecule has 0 bridgehead atoms. The van der Waals surface area contributed by atoms with E-state index in [1.54, 1.807) is 0 Å². The molecule has 0 fully saturated rings. The lowest BCUT2D eigenvalue weighted by Gasteiger charge is -2.01. The number of nitro groups is 2. The molecule has 1 heterocycles. The molecule has 0 aliphatic carbocycles. The molecule has 0 unspecified atom stereocenters. The summed E-state index contributed by atoms with van der Waals surface area (Å²) in [6.07, 6.45) is 0.538.